The van der Waals surface area contributed by atoms with Gasteiger partial charge < -0.3 is 10.4 Å². The number of carbonyl (C=O) groups is 2. The summed E-state index contributed by atoms with van der Waals surface area (Å²) < 4.78 is 0. The van der Waals surface area contributed by atoms with Crippen LogP contribution in [-0.4, -0.2) is 22.0 Å². The molecule has 0 aliphatic heterocycles. The lowest BCUT2D eigenvalue weighted by molar-refractivity contribution is -0.146. The van der Waals surface area contributed by atoms with Crippen LogP contribution in [0.25, 0.3) is 11.3 Å². The third-order valence-electron chi connectivity index (χ3n) is 5.44. The van der Waals surface area contributed by atoms with E-state index in [0.717, 1.165) is 23.2 Å². The second-order valence-electron chi connectivity index (χ2n) is 7.18. The van der Waals surface area contributed by atoms with Crippen molar-refractivity contribution in [3.05, 3.63) is 46.9 Å². The number of nitrogens with zero attached hydrogens (tertiary/aromatic N) is 1. The van der Waals surface area contributed by atoms with Crippen molar-refractivity contribution in [3.63, 3.8) is 0 Å². The van der Waals surface area contributed by atoms with Crippen molar-refractivity contribution in [1.29, 1.82) is 0 Å². The van der Waals surface area contributed by atoms with E-state index in [9.17, 15) is 14.7 Å². The van der Waals surface area contributed by atoms with Crippen molar-refractivity contribution in [2.45, 2.75) is 20.3 Å². The van der Waals surface area contributed by atoms with Gasteiger partial charge in [0.15, 0.2) is 5.13 Å². The van der Waals surface area contributed by atoms with Crippen LogP contribution in [0.2, 0.25) is 0 Å². The Morgan fingerprint density at radius 3 is 2.62 bits per heavy atom. The Bertz CT molecular complexity index is 918. The minimum atomic E-state index is -0.892. The molecule has 5 nitrogen and oxygen atoms in total. The Balaban J connectivity index is 1.53. The summed E-state index contributed by atoms with van der Waals surface area (Å²) >= 11 is 1.37. The van der Waals surface area contributed by atoms with Gasteiger partial charge in [0, 0.05) is 10.9 Å². The summed E-state index contributed by atoms with van der Waals surface area (Å²) in [5, 5.41) is 14.8. The molecule has 0 saturated heterocycles. The highest BCUT2D eigenvalue weighted by molar-refractivity contribution is 7.14. The van der Waals surface area contributed by atoms with E-state index < -0.39 is 17.8 Å². The third-order valence-corrected chi connectivity index (χ3v) is 6.20. The van der Waals surface area contributed by atoms with E-state index in [1.54, 1.807) is 0 Å². The Labute approximate surface area is 155 Å². The molecule has 2 N–H and O–H groups in total. The third kappa shape index (κ3) is 2.84. The lowest BCUT2D eigenvalue weighted by atomic mass is 9.82. The molecular formula is C20H20N2O3S. The molecule has 2 aliphatic rings. The number of amides is 1. The fraction of sp³-hybridized carbons (Fsp3) is 0.350. The maximum absolute atomic E-state index is 12.7. The highest BCUT2D eigenvalue weighted by Gasteiger charge is 2.51. The minimum Gasteiger partial charge on any atom is -0.481 e. The van der Waals surface area contributed by atoms with Crippen LogP contribution in [0.3, 0.4) is 0 Å². The van der Waals surface area contributed by atoms with Crippen LogP contribution in [0, 0.1) is 37.5 Å². The average molecular weight is 368 g/mol. The monoisotopic (exact) mass is 368 g/mol. The van der Waals surface area contributed by atoms with Gasteiger partial charge in [-0.2, -0.15) is 0 Å². The number of fused-ring (bicyclic) bond motifs is 2. The van der Waals surface area contributed by atoms with E-state index in [-0.39, 0.29) is 17.7 Å². The molecule has 0 spiro atoms. The number of carboxylic acid groups (broad SMARTS) is 1. The molecule has 134 valence electrons. The number of hydrogen-bond donors (Lipinski definition) is 2. The SMILES string of the molecule is Cc1ccc(-c2csc(NC(=O)[C@H]3[C@H](C(=O)O)[C@H]4C=C[C@H]3C4)n2)c(C)c1. The summed E-state index contributed by atoms with van der Waals surface area (Å²) in [4.78, 5) is 28.9. The number of thiazole rings is 1. The maximum atomic E-state index is 12.7. The standard InChI is InChI=1S/C20H20N2O3S/c1-10-3-6-14(11(2)7-10)15-9-26-20(21-15)22-18(23)16-12-4-5-13(8-12)17(16)19(24)25/h3-7,9,12-13,16-17H,8H2,1-2H3,(H,24,25)(H,21,22,23)/t12-,13-,16+,17+/m0/s1. The van der Waals surface area contributed by atoms with Crippen molar-refractivity contribution < 1.29 is 14.7 Å². The molecule has 1 fully saturated rings. The van der Waals surface area contributed by atoms with Crippen LogP contribution < -0.4 is 5.32 Å². The molecule has 1 amide bonds. The molecule has 1 aromatic heterocycles. The molecule has 4 atom stereocenters. The number of aryl methyl sites for hydroxylation is 2. The Hall–Kier alpha value is -2.47. The van der Waals surface area contributed by atoms with Crippen LogP contribution in [0.1, 0.15) is 17.5 Å². The van der Waals surface area contributed by atoms with Gasteiger partial charge in [-0.05, 0) is 37.7 Å². The first-order chi connectivity index (χ1) is 12.4. The molecule has 0 unspecified atom stereocenters. The Kier molecular flexibility index (Phi) is 4.15. The summed E-state index contributed by atoms with van der Waals surface area (Å²) in [6.45, 7) is 4.09. The molecule has 26 heavy (non-hydrogen) atoms. The number of nitrogens with one attached hydrogen (secondary N) is 1. The lowest BCUT2D eigenvalue weighted by Crippen LogP contribution is -2.36. The summed E-state index contributed by atoms with van der Waals surface area (Å²) in [6, 6.07) is 6.18. The zero-order chi connectivity index (χ0) is 18.4. The van der Waals surface area contributed by atoms with Crippen LogP contribution in [0.15, 0.2) is 35.7 Å². The van der Waals surface area contributed by atoms with Gasteiger partial charge in [0.1, 0.15) is 0 Å². The van der Waals surface area contributed by atoms with Gasteiger partial charge >= 0.3 is 5.97 Å². The molecule has 2 aromatic rings. The van der Waals surface area contributed by atoms with E-state index >= 15 is 0 Å². The van der Waals surface area contributed by atoms with Gasteiger partial charge in [0.25, 0.3) is 0 Å². The van der Waals surface area contributed by atoms with Gasteiger partial charge in [0.2, 0.25) is 5.91 Å². The van der Waals surface area contributed by atoms with Crippen LogP contribution in [0.4, 0.5) is 5.13 Å². The normalized spacial score (nSPS) is 26.2. The van der Waals surface area contributed by atoms with E-state index in [2.05, 4.69) is 16.4 Å². The number of anilines is 1. The predicted molar refractivity (Wildman–Crippen MR) is 101 cm³/mol. The van der Waals surface area contributed by atoms with Crippen molar-refractivity contribution in [2.75, 3.05) is 5.32 Å². The number of aliphatic carboxylic acids is 1. The molecular weight excluding hydrogens is 348 g/mol. The number of rotatable bonds is 4. The quantitative estimate of drug-likeness (QED) is 0.803. The van der Waals surface area contributed by atoms with E-state index in [1.807, 2.05) is 43.5 Å². The van der Waals surface area contributed by atoms with Crippen LogP contribution >= 0.6 is 11.3 Å². The van der Waals surface area contributed by atoms with Crippen LogP contribution in [0.5, 0.6) is 0 Å². The number of allylic oxidation sites excluding steroid dienone is 2. The minimum absolute atomic E-state index is 0.0138. The van der Waals surface area contributed by atoms with Crippen molar-refractivity contribution >= 4 is 28.3 Å². The average Bonchev–Trinajstić information content (AvgIpc) is 3.29. The molecule has 2 aliphatic carbocycles. The van der Waals surface area contributed by atoms with E-state index in [0.29, 0.717) is 5.13 Å². The smallest absolute Gasteiger partial charge is 0.307 e. The molecule has 1 aromatic carbocycles. The highest BCUT2D eigenvalue weighted by Crippen LogP contribution is 2.48. The first kappa shape index (κ1) is 17.0. The van der Waals surface area contributed by atoms with E-state index in [1.165, 1.54) is 16.9 Å². The maximum Gasteiger partial charge on any atom is 0.307 e. The van der Waals surface area contributed by atoms with E-state index in [4.69, 9.17) is 0 Å². The van der Waals surface area contributed by atoms with Crippen molar-refractivity contribution in [1.82, 2.24) is 4.98 Å². The van der Waals surface area contributed by atoms with Gasteiger partial charge in [-0.3, -0.25) is 9.59 Å². The van der Waals surface area contributed by atoms with Gasteiger partial charge in [-0.1, -0.05) is 35.9 Å². The summed E-state index contributed by atoms with van der Waals surface area (Å²) in [7, 11) is 0. The summed E-state index contributed by atoms with van der Waals surface area (Å²) in [5.74, 6) is -2.30. The largest absolute Gasteiger partial charge is 0.481 e. The topological polar surface area (TPSA) is 79.3 Å². The lowest BCUT2D eigenvalue weighted by Gasteiger charge is -2.23. The second kappa shape index (κ2) is 6.36. The summed E-state index contributed by atoms with van der Waals surface area (Å²) in [6.07, 6.45) is 4.67. The second-order valence-corrected chi connectivity index (χ2v) is 8.04. The fourth-order valence-electron chi connectivity index (χ4n) is 4.26. The molecule has 1 heterocycles. The Morgan fingerprint density at radius 2 is 1.92 bits per heavy atom. The van der Waals surface area contributed by atoms with Gasteiger partial charge in [-0.15, -0.1) is 11.3 Å². The number of aromatic nitrogens is 1. The number of benzene rings is 1. The molecule has 0 radical (unpaired) electrons. The van der Waals surface area contributed by atoms with Crippen molar-refractivity contribution in [2.24, 2.45) is 23.7 Å². The Morgan fingerprint density at radius 1 is 1.19 bits per heavy atom. The number of carbonyl (C=O) groups excluding carboxylic acids is 1. The number of carboxylic acids is 1. The zero-order valence-electron chi connectivity index (χ0n) is 14.6. The zero-order valence-corrected chi connectivity index (χ0v) is 15.4. The fourth-order valence-corrected chi connectivity index (χ4v) is 4.97. The van der Waals surface area contributed by atoms with Crippen LogP contribution in [-0.2, 0) is 9.59 Å². The highest BCUT2D eigenvalue weighted by atomic mass is 32.1. The molecule has 4 rings (SSSR count). The first-order valence-corrected chi connectivity index (χ1v) is 9.57. The molecule has 1 saturated carbocycles. The summed E-state index contributed by atoms with van der Waals surface area (Å²) in [5.41, 5.74) is 4.19. The predicted octanol–water partition coefficient (Wildman–Crippen LogP) is 3.89. The first-order valence-electron chi connectivity index (χ1n) is 8.69. The van der Waals surface area contributed by atoms with Gasteiger partial charge in [0.05, 0.1) is 17.5 Å². The molecule has 2 bridgehead atoms. The number of hydrogen-bond acceptors (Lipinski definition) is 4. The van der Waals surface area contributed by atoms with Crippen molar-refractivity contribution in [3.8, 4) is 11.3 Å². The molecule has 6 heteroatoms. The van der Waals surface area contributed by atoms with Gasteiger partial charge in [-0.25, -0.2) is 4.98 Å².